The molecular weight excluding hydrogens is 509 g/mol. The van der Waals surface area contributed by atoms with Crippen molar-refractivity contribution in [2.24, 2.45) is 5.73 Å². The molecule has 1 atom stereocenters. The molecule has 1 saturated heterocycles. The summed E-state index contributed by atoms with van der Waals surface area (Å²) in [5.74, 6) is -7.16. The summed E-state index contributed by atoms with van der Waals surface area (Å²) < 4.78 is 31.7. The standard InChI is InChI=1S/C19H24N4O7.C2HF3O2/c20-6-5-12-1-3-13(4-2-12)18(29)21-10-15(24)23-8-7-22(11-17(27)28)19(30)14(23)9-16(25)26;3-2(4,5)1(6)7/h1-4,14H,5-11,20H2,(H,21,29)(H,25,26)(H,27,28);(H,6,7)/t14-;/m0./s1. The summed E-state index contributed by atoms with van der Waals surface area (Å²) in [7, 11) is 0. The van der Waals surface area contributed by atoms with E-state index in [0.29, 0.717) is 18.5 Å². The highest BCUT2D eigenvalue weighted by molar-refractivity contribution is 5.98. The van der Waals surface area contributed by atoms with E-state index in [9.17, 15) is 37.1 Å². The Morgan fingerprint density at radius 3 is 2.03 bits per heavy atom. The number of amides is 3. The summed E-state index contributed by atoms with van der Waals surface area (Å²) in [6.07, 6.45) is -5.07. The van der Waals surface area contributed by atoms with Crippen molar-refractivity contribution in [2.75, 3.05) is 32.7 Å². The molecule has 0 spiro atoms. The zero-order chi connectivity index (χ0) is 28.3. The molecule has 1 aromatic rings. The van der Waals surface area contributed by atoms with Crippen LogP contribution < -0.4 is 11.1 Å². The first kappa shape index (κ1) is 30.8. The highest BCUT2D eigenvalue weighted by Crippen LogP contribution is 2.15. The number of aliphatic carboxylic acids is 3. The maximum atomic E-state index is 12.6. The summed E-state index contributed by atoms with van der Waals surface area (Å²) in [6, 6.07) is 5.40. The predicted octanol–water partition coefficient (Wildman–Crippen LogP) is -0.850. The van der Waals surface area contributed by atoms with Crippen molar-refractivity contribution >= 4 is 35.6 Å². The molecule has 0 aliphatic carbocycles. The number of rotatable bonds is 9. The molecule has 0 radical (unpaired) electrons. The second-order valence-corrected chi connectivity index (χ2v) is 7.58. The molecule has 0 saturated carbocycles. The van der Waals surface area contributed by atoms with Gasteiger partial charge in [-0.3, -0.25) is 24.0 Å². The molecular formula is C21H25F3N4O9. The summed E-state index contributed by atoms with van der Waals surface area (Å²) in [6.45, 7) is -0.585. The maximum absolute atomic E-state index is 12.6. The van der Waals surface area contributed by atoms with E-state index >= 15 is 0 Å². The molecule has 1 aliphatic rings. The second-order valence-electron chi connectivity index (χ2n) is 7.58. The Kier molecular flexibility index (Phi) is 11.5. The van der Waals surface area contributed by atoms with Crippen LogP contribution in [0.1, 0.15) is 22.3 Å². The molecule has 0 bridgehead atoms. The summed E-state index contributed by atoms with van der Waals surface area (Å²) in [5.41, 5.74) is 6.79. The van der Waals surface area contributed by atoms with Gasteiger partial charge in [0.2, 0.25) is 11.8 Å². The van der Waals surface area contributed by atoms with E-state index in [1.165, 1.54) is 0 Å². The number of hydrogen-bond donors (Lipinski definition) is 5. The fourth-order valence-electron chi connectivity index (χ4n) is 3.17. The fourth-order valence-corrected chi connectivity index (χ4v) is 3.17. The molecule has 16 heteroatoms. The first-order valence-corrected chi connectivity index (χ1v) is 10.6. The van der Waals surface area contributed by atoms with Gasteiger partial charge in [-0.25, -0.2) is 4.79 Å². The number of carboxylic acid groups (broad SMARTS) is 3. The number of benzene rings is 1. The number of alkyl halides is 3. The Morgan fingerprint density at radius 2 is 1.57 bits per heavy atom. The van der Waals surface area contributed by atoms with Crippen molar-refractivity contribution in [3.63, 3.8) is 0 Å². The predicted molar refractivity (Wildman–Crippen MR) is 117 cm³/mol. The number of carbonyl (C=O) groups is 6. The van der Waals surface area contributed by atoms with E-state index in [0.717, 1.165) is 15.4 Å². The molecule has 6 N–H and O–H groups in total. The first-order valence-electron chi connectivity index (χ1n) is 10.6. The van der Waals surface area contributed by atoms with Crippen molar-refractivity contribution in [1.82, 2.24) is 15.1 Å². The fraction of sp³-hybridized carbons (Fsp3) is 0.429. The number of carbonyl (C=O) groups excluding carboxylic acids is 3. The molecule has 1 aliphatic heterocycles. The van der Waals surface area contributed by atoms with Crippen LogP contribution in [-0.4, -0.2) is 106 Å². The van der Waals surface area contributed by atoms with Crippen LogP contribution in [0.2, 0.25) is 0 Å². The molecule has 2 rings (SSSR count). The van der Waals surface area contributed by atoms with Crippen molar-refractivity contribution in [3.8, 4) is 0 Å². The van der Waals surface area contributed by atoms with Gasteiger partial charge in [0, 0.05) is 18.7 Å². The van der Waals surface area contributed by atoms with Gasteiger partial charge in [-0.05, 0) is 30.7 Å². The average molecular weight is 534 g/mol. The van der Waals surface area contributed by atoms with E-state index in [2.05, 4.69) is 5.32 Å². The van der Waals surface area contributed by atoms with Gasteiger partial charge >= 0.3 is 24.1 Å². The van der Waals surface area contributed by atoms with E-state index in [1.807, 2.05) is 0 Å². The van der Waals surface area contributed by atoms with Crippen LogP contribution >= 0.6 is 0 Å². The van der Waals surface area contributed by atoms with Crippen molar-refractivity contribution in [2.45, 2.75) is 25.1 Å². The van der Waals surface area contributed by atoms with Crippen LogP contribution in [0.5, 0.6) is 0 Å². The number of hydrogen-bond acceptors (Lipinski definition) is 7. The third kappa shape index (κ3) is 10.1. The Bertz CT molecular complexity index is 1020. The molecule has 1 heterocycles. The lowest BCUT2D eigenvalue weighted by molar-refractivity contribution is -0.192. The average Bonchev–Trinajstić information content (AvgIpc) is 2.80. The molecule has 3 amide bonds. The normalized spacial score (nSPS) is 15.4. The molecule has 1 fully saturated rings. The molecule has 204 valence electrons. The van der Waals surface area contributed by atoms with Crippen molar-refractivity contribution in [3.05, 3.63) is 35.4 Å². The number of piperazine rings is 1. The van der Waals surface area contributed by atoms with Gasteiger partial charge in [-0.15, -0.1) is 0 Å². The zero-order valence-corrected chi connectivity index (χ0v) is 19.2. The van der Waals surface area contributed by atoms with Crippen molar-refractivity contribution in [1.29, 1.82) is 0 Å². The lowest BCUT2D eigenvalue weighted by atomic mass is 10.1. The van der Waals surface area contributed by atoms with Crippen LogP contribution in [0.15, 0.2) is 24.3 Å². The number of nitrogens with one attached hydrogen (secondary N) is 1. The lowest BCUT2D eigenvalue weighted by Crippen LogP contribution is -2.61. The highest BCUT2D eigenvalue weighted by atomic mass is 19.4. The number of carboxylic acids is 3. The van der Waals surface area contributed by atoms with Gasteiger partial charge in [0.05, 0.1) is 13.0 Å². The van der Waals surface area contributed by atoms with E-state index in [-0.39, 0.29) is 13.1 Å². The SMILES string of the molecule is NCCc1ccc(C(=O)NCC(=O)N2CCN(CC(=O)O)C(=O)[C@@H]2CC(=O)O)cc1.O=C(O)C(F)(F)F. The minimum Gasteiger partial charge on any atom is -0.481 e. The van der Waals surface area contributed by atoms with E-state index in [1.54, 1.807) is 24.3 Å². The van der Waals surface area contributed by atoms with Crippen LogP contribution in [0.3, 0.4) is 0 Å². The van der Waals surface area contributed by atoms with Gasteiger partial charge in [-0.1, -0.05) is 12.1 Å². The monoisotopic (exact) mass is 534 g/mol. The van der Waals surface area contributed by atoms with Crippen LogP contribution in [-0.2, 0) is 30.4 Å². The lowest BCUT2D eigenvalue weighted by Gasteiger charge is -2.39. The quantitative estimate of drug-likeness (QED) is 0.265. The van der Waals surface area contributed by atoms with Gasteiger partial charge in [0.1, 0.15) is 12.6 Å². The first-order chi connectivity index (χ1) is 17.2. The number of nitrogens with two attached hydrogens (primary N) is 1. The molecule has 1 aromatic carbocycles. The summed E-state index contributed by atoms with van der Waals surface area (Å²) in [4.78, 5) is 70.3. The van der Waals surface area contributed by atoms with Gasteiger partial charge < -0.3 is 36.2 Å². The number of nitrogens with zero attached hydrogens (tertiary/aromatic N) is 2. The number of halogens is 3. The molecule has 0 unspecified atom stereocenters. The Labute approximate surface area is 207 Å². The molecule has 0 aromatic heterocycles. The van der Waals surface area contributed by atoms with E-state index in [4.69, 9.17) is 25.8 Å². The third-order valence-corrected chi connectivity index (χ3v) is 4.89. The molecule has 37 heavy (non-hydrogen) atoms. The smallest absolute Gasteiger partial charge is 0.481 e. The highest BCUT2D eigenvalue weighted by Gasteiger charge is 2.39. The van der Waals surface area contributed by atoms with E-state index < -0.39 is 67.4 Å². The zero-order valence-electron chi connectivity index (χ0n) is 19.2. The summed E-state index contributed by atoms with van der Waals surface area (Å²) in [5, 5.41) is 27.5. The van der Waals surface area contributed by atoms with Crippen LogP contribution in [0, 0.1) is 0 Å². The second kappa shape index (κ2) is 13.8. The third-order valence-electron chi connectivity index (χ3n) is 4.89. The minimum atomic E-state index is -5.08. The van der Waals surface area contributed by atoms with Gasteiger partial charge in [0.25, 0.3) is 5.91 Å². The Hall–Kier alpha value is -4.21. The van der Waals surface area contributed by atoms with Gasteiger partial charge in [0.15, 0.2) is 0 Å². The Morgan fingerprint density at radius 1 is 1.00 bits per heavy atom. The maximum Gasteiger partial charge on any atom is 0.490 e. The molecule has 13 nitrogen and oxygen atoms in total. The topological polar surface area (TPSA) is 208 Å². The van der Waals surface area contributed by atoms with Gasteiger partial charge in [-0.2, -0.15) is 13.2 Å². The minimum absolute atomic E-state index is 0.0283. The Balaban J connectivity index is 0.000000856. The van der Waals surface area contributed by atoms with Crippen molar-refractivity contribution < 1.29 is 57.3 Å². The largest absolute Gasteiger partial charge is 0.490 e. The summed E-state index contributed by atoms with van der Waals surface area (Å²) >= 11 is 0. The van der Waals surface area contributed by atoms with Crippen LogP contribution in [0.4, 0.5) is 13.2 Å². The van der Waals surface area contributed by atoms with Crippen LogP contribution in [0.25, 0.3) is 0 Å².